The van der Waals surface area contributed by atoms with E-state index < -0.39 is 0 Å². The zero-order valence-corrected chi connectivity index (χ0v) is 10.0. The zero-order chi connectivity index (χ0) is 10.0. The molecule has 0 rings (SSSR count). The highest BCUT2D eigenvalue weighted by atomic mass is 14.3. The Bertz CT molecular complexity index is 61.8. The summed E-state index contributed by atoms with van der Waals surface area (Å²) in [5.41, 5.74) is 0.675. The summed E-state index contributed by atoms with van der Waals surface area (Å²) in [6.07, 6.45) is 6.82. The molecule has 0 amide bonds. The molecule has 12 heavy (non-hydrogen) atoms. The molecule has 0 atom stereocenters. The first kappa shape index (κ1) is 14.5. The van der Waals surface area contributed by atoms with Gasteiger partial charge in [-0.15, -0.1) is 0 Å². The van der Waals surface area contributed by atoms with Gasteiger partial charge in [0, 0.05) is 0 Å². The lowest BCUT2D eigenvalue weighted by molar-refractivity contribution is 0.226. The van der Waals surface area contributed by atoms with Gasteiger partial charge in [0.25, 0.3) is 0 Å². The number of hydrogen-bond donors (Lipinski definition) is 0. The summed E-state index contributed by atoms with van der Waals surface area (Å²) in [6.45, 7) is 13.3. The van der Waals surface area contributed by atoms with Gasteiger partial charge in [-0.2, -0.15) is 0 Å². The summed E-state index contributed by atoms with van der Waals surface area (Å²) in [5.74, 6) is 0. The number of hydrogen-bond acceptors (Lipinski definition) is 0. The Balaban J connectivity index is 0. The third-order valence-electron chi connectivity index (χ3n) is 3.03. The lowest BCUT2D eigenvalue weighted by Crippen LogP contribution is -2.16. The van der Waals surface area contributed by atoms with Crippen LogP contribution in [0.25, 0.3) is 0 Å². The van der Waals surface area contributed by atoms with Crippen LogP contribution in [0.5, 0.6) is 0 Å². The Hall–Kier alpha value is 0. The van der Waals surface area contributed by atoms with E-state index in [0.29, 0.717) is 5.41 Å². The Labute approximate surface area is 79.8 Å². The van der Waals surface area contributed by atoms with Crippen molar-refractivity contribution in [2.75, 3.05) is 0 Å². The molecule has 0 aromatic heterocycles. The molecule has 0 N–H and O–H groups in total. The fraction of sp³-hybridized carbons (Fsp3) is 1.00. The van der Waals surface area contributed by atoms with Crippen molar-refractivity contribution in [2.24, 2.45) is 5.41 Å². The van der Waals surface area contributed by atoms with Crippen molar-refractivity contribution in [3.8, 4) is 0 Å². The van der Waals surface area contributed by atoms with E-state index in [0.717, 1.165) is 0 Å². The predicted molar refractivity (Wildman–Crippen MR) is 59.6 cm³/mol. The molecule has 0 aromatic carbocycles. The second-order valence-electron chi connectivity index (χ2n) is 3.31. The van der Waals surface area contributed by atoms with Gasteiger partial charge in [-0.05, 0) is 11.8 Å². The minimum absolute atomic E-state index is 0.675. The first-order valence-corrected chi connectivity index (χ1v) is 5.74. The minimum atomic E-state index is 0.675. The summed E-state index contributed by atoms with van der Waals surface area (Å²) in [7, 11) is 0. The molecule has 0 aliphatic rings. The first-order chi connectivity index (χ1) is 5.74. The van der Waals surface area contributed by atoms with Crippen LogP contribution in [0.4, 0.5) is 0 Å². The van der Waals surface area contributed by atoms with Crippen molar-refractivity contribution in [1.29, 1.82) is 0 Å². The molecule has 0 aliphatic carbocycles. The Kier molecular flexibility index (Phi) is 11.0. The summed E-state index contributed by atoms with van der Waals surface area (Å²) < 4.78 is 0. The summed E-state index contributed by atoms with van der Waals surface area (Å²) >= 11 is 0. The van der Waals surface area contributed by atoms with Gasteiger partial charge in [0.15, 0.2) is 0 Å². The molecule has 0 radical (unpaired) electrons. The van der Waals surface area contributed by atoms with Crippen LogP contribution in [-0.2, 0) is 0 Å². The van der Waals surface area contributed by atoms with Crippen LogP contribution >= 0.6 is 0 Å². The second kappa shape index (κ2) is 9.09. The van der Waals surface area contributed by atoms with Crippen molar-refractivity contribution in [1.82, 2.24) is 0 Å². The van der Waals surface area contributed by atoms with Crippen LogP contribution in [0.3, 0.4) is 0 Å². The van der Waals surface area contributed by atoms with Crippen molar-refractivity contribution in [3.05, 3.63) is 0 Å². The van der Waals surface area contributed by atoms with Gasteiger partial charge in [-0.3, -0.25) is 0 Å². The maximum absolute atomic E-state index is 2.32. The van der Waals surface area contributed by atoms with Crippen LogP contribution in [0.15, 0.2) is 0 Å². The molecule has 0 unspecified atom stereocenters. The molecule has 0 bridgehead atoms. The monoisotopic (exact) mass is 172 g/mol. The highest BCUT2D eigenvalue weighted by molar-refractivity contribution is 4.73. The van der Waals surface area contributed by atoms with Crippen LogP contribution in [-0.4, -0.2) is 0 Å². The molecule has 0 heterocycles. The fourth-order valence-electron chi connectivity index (χ4n) is 1.81. The van der Waals surface area contributed by atoms with Gasteiger partial charge in [-0.1, -0.05) is 67.2 Å². The van der Waals surface area contributed by atoms with Crippen LogP contribution < -0.4 is 0 Å². The van der Waals surface area contributed by atoms with E-state index in [9.17, 15) is 0 Å². The highest BCUT2D eigenvalue weighted by Gasteiger charge is 2.21. The molecule has 0 aliphatic heterocycles. The molecular weight excluding hydrogens is 144 g/mol. The molecule has 0 heteroatoms. The molecular formula is C12H28. The van der Waals surface area contributed by atoms with Crippen LogP contribution in [0, 0.1) is 5.41 Å². The quantitative estimate of drug-likeness (QED) is 0.545. The SMILES string of the molecule is CC.CCCC(CC)(CC)CC. The molecule has 0 saturated carbocycles. The lowest BCUT2D eigenvalue weighted by atomic mass is 9.76. The molecule has 0 nitrogen and oxygen atoms in total. The molecule has 0 aromatic rings. The van der Waals surface area contributed by atoms with Gasteiger partial charge in [0.05, 0.1) is 0 Å². The standard InChI is InChI=1S/C10H22.C2H6/c1-5-9-10(6-2,7-3)8-4;1-2/h5-9H2,1-4H3;1-2H3. The maximum Gasteiger partial charge on any atom is -0.0305 e. The number of rotatable bonds is 5. The Morgan fingerprint density at radius 2 is 1.08 bits per heavy atom. The minimum Gasteiger partial charge on any atom is -0.0683 e. The van der Waals surface area contributed by atoms with E-state index in [4.69, 9.17) is 0 Å². The fourth-order valence-corrected chi connectivity index (χ4v) is 1.81. The van der Waals surface area contributed by atoms with Gasteiger partial charge in [0.1, 0.15) is 0 Å². The van der Waals surface area contributed by atoms with E-state index in [1.54, 1.807) is 0 Å². The van der Waals surface area contributed by atoms with Crippen LogP contribution in [0.1, 0.15) is 73.6 Å². The van der Waals surface area contributed by atoms with Crippen molar-refractivity contribution >= 4 is 0 Å². The van der Waals surface area contributed by atoms with Crippen molar-refractivity contribution < 1.29 is 0 Å². The van der Waals surface area contributed by atoms with E-state index >= 15 is 0 Å². The largest absolute Gasteiger partial charge is 0.0683 e. The van der Waals surface area contributed by atoms with Crippen molar-refractivity contribution in [3.63, 3.8) is 0 Å². The summed E-state index contributed by atoms with van der Waals surface area (Å²) in [6, 6.07) is 0. The van der Waals surface area contributed by atoms with E-state index in [-0.39, 0.29) is 0 Å². The predicted octanol–water partition coefficient (Wildman–Crippen LogP) is 5.03. The smallest absolute Gasteiger partial charge is 0.0305 e. The Morgan fingerprint density at radius 1 is 0.750 bits per heavy atom. The third kappa shape index (κ3) is 4.79. The normalized spacial score (nSPS) is 10.5. The topological polar surface area (TPSA) is 0 Å². The second-order valence-corrected chi connectivity index (χ2v) is 3.31. The summed E-state index contributed by atoms with van der Waals surface area (Å²) in [4.78, 5) is 0. The zero-order valence-electron chi connectivity index (χ0n) is 10.0. The van der Waals surface area contributed by atoms with Gasteiger partial charge in [-0.25, -0.2) is 0 Å². The Morgan fingerprint density at radius 3 is 1.17 bits per heavy atom. The lowest BCUT2D eigenvalue weighted by Gasteiger charge is -2.29. The van der Waals surface area contributed by atoms with Gasteiger partial charge >= 0.3 is 0 Å². The van der Waals surface area contributed by atoms with E-state index in [1.165, 1.54) is 32.1 Å². The first-order valence-electron chi connectivity index (χ1n) is 5.74. The maximum atomic E-state index is 2.32. The highest BCUT2D eigenvalue weighted by Crippen LogP contribution is 2.34. The van der Waals surface area contributed by atoms with Crippen molar-refractivity contribution in [2.45, 2.75) is 73.6 Å². The summed E-state index contributed by atoms with van der Waals surface area (Å²) in [5, 5.41) is 0. The average molecular weight is 172 g/mol. The third-order valence-corrected chi connectivity index (χ3v) is 3.03. The molecule has 0 spiro atoms. The molecule has 0 fully saturated rings. The van der Waals surface area contributed by atoms with E-state index in [2.05, 4.69) is 27.7 Å². The van der Waals surface area contributed by atoms with Gasteiger partial charge < -0.3 is 0 Å². The average Bonchev–Trinajstić information content (AvgIpc) is 2.18. The van der Waals surface area contributed by atoms with E-state index in [1.807, 2.05) is 13.8 Å². The molecule has 76 valence electrons. The molecule has 0 saturated heterocycles. The van der Waals surface area contributed by atoms with Crippen LogP contribution in [0.2, 0.25) is 0 Å². The van der Waals surface area contributed by atoms with Gasteiger partial charge in [0.2, 0.25) is 0 Å².